The minimum absolute atomic E-state index is 0.0716. The summed E-state index contributed by atoms with van der Waals surface area (Å²) in [6, 6.07) is 11.1. The van der Waals surface area contributed by atoms with E-state index in [1.54, 1.807) is 30.3 Å². The number of nitrogens with one attached hydrogen (secondary N) is 1. The molecule has 174 valence electrons. The second-order valence-corrected chi connectivity index (χ2v) is 7.21. The average molecular weight is 456 g/mol. The van der Waals surface area contributed by atoms with E-state index in [9.17, 15) is 19.2 Å². The van der Waals surface area contributed by atoms with Crippen molar-refractivity contribution in [3.8, 4) is 17.2 Å². The Balaban J connectivity index is 1.56. The second-order valence-electron chi connectivity index (χ2n) is 7.21. The molecule has 10 nitrogen and oxygen atoms in total. The number of carbonyl (C=O) groups excluding carboxylic acids is 4. The summed E-state index contributed by atoms with van der Waals surface area (Å²) in [7, 11) is 4.39. The Labute approximate surface area is 190 Å². The molecule has 2 amide bonds. The van der Waals surface area contributed by atoms with Crippen molar-refractivity contribution in [1.29, 1.82) is 0 Å². The van der Waals surface area contributed by atoms with E-state index in [1.807, 2.05) is 0 Å². The van der Waals surface area contributed by atoms with Crippen molar-refractivity contribution in [3.63, 3.8) is 0 Å². The van der Waals surface area contributed by atoms with Crippen molar-refractivity contribution in [3.05, 3.63) is 53.6 Å². The molecule has 1 N–H and O–H groups in total. The van der Waals surface area contributed by atoms with Crippen LogP contribution in [0.5, 0.6) is 17.2 Å². The Morgan fingerprint density at radius 3 is 2.21 bits per heavy atom. The van der Waals surface area contributed by atoms with E-state index < -0.39 is 36.1 Å². The van der Waals surface area contributed by atoms with Crippen LogP contribution >= 0.6 is 0 Å². The number of benzene rings is 2. The Morgan fingerprint density at radius 1 is 0.939 bits per heavy atom. The Morgan fingerprint density at radius 2 is 1.58 bits per heavy atom. The van der Waals surface area contributed by atoms with Crippen molar-refractivity contribution in [2.24, 2.45) is 5.92 Å². The van der Waals surface area contributed by atoms with Crippen LogP contribution in [0.15, 0.2) is 42.5 Å². The van der Waals surface area contributed by atoms with E-state index in [1.165, 1.54) is 33.5 Å². The third kappa shape index (κ3) is 5.79. The second kappa shape index (κ2) is 10.5. The number of hydrogen-bond acceptors (Lipinski definition) is 8. The molecule has 1 heterocycles. The number of esters is 1. The maximum absolute atomic E-state index is 12.6. The number of carbonyl (C=O) groups is 4. The highest BCUT2D eigenvalue weighted by Crippen LogP contribution is 2.23. The molecule has 0 aromatic heterocycles. The number of Topliss-reactive ketones (excluding diaryl/α,β-unsaturated/α-hetero) is 1. The van der Waals surface area contributed by atoms with Gasteiger partial charge in [0.2, 0.25) is 5.91 Å². The van der Waals surface area contributed by atoms with Crippen LogP contribution in [0.2, 0.25) is 0 Å². The van der Waals surface area contributed by atoms with Crippen LogP contribution in [-0.4, -0.2) is 63.1 Å². The van der Waals surface area contributed by atoms with Gasteiger partial charge in [-0.25, -0.2) is 0 Å². The smallest absolute Gasteiger partial charge is 0.311 e. The standard InChI is InChI=1S/C23H24N2O8/c1-30-17-6-4-5-14(7-17)20(26)13-33-23(29)16-10-21(27)25(12-16)24-22(28)15-8-18(31-2)11-19(9-15)32-3/h4-9,11,16H,10,12-13H2,1-3H3,(H,24,28)/t16-/m0/s1. The van der Waals surface area contributed by atoms with Crippen LogP contribution in [0.3, 0.4) is 0 Å². The van der Waals surface area contributed by atoms with Gasteiger partial charge in [-0.05, 0) is 24.3 Å². The zero-order chi connectivity index (χ0) is 24.0. The van der Waals surface area contributed by atoms with Crippen LogP contribution < -0.4 is 19.6 Å². The Kier molecular flexibility index (Phi) is 7.50. The summed E-state index contributed by atoms with van der Waals surface area (Å²) in [6.45, 7) is -0.537. The molecule has 1 fully saturated rings. The normalized spacial score (nSPS) is 15.1. The highest BCUT2D eigenvalue weighted by atomic mass is 16.5. The zero-order valence-electron chi connectivity index (χ0n) is 18.5. The Hall–Kier alpha value is -4.08. The molecule has 1 atom stereocenters. The number of ether oxygens (including phenoxy) is 4. The van der Waals surface area contributed by atoms with E-state index in [2.05, 4.69) is 5.43 Å². The van der Waals surface area contributed by atoms with E-state index in [4.69, 9.17) is 18.9 Å². The monoisotopic (exact) mass is 456 g/mol. The maximum Gasteiger partial charge on any atom is 0.311 e. The lowest BCUT2D eigenvalue weighted by Crippen LogP contribution is -2.43. The molecule has 2 aromatic rings. The van der Waals surface area contributed by atoms with Crippen molar-refractivity contribution in [2.45, 2.75) is 6.42 Å². The van der Waals surface area contributed by atoms with Crippen molar-refractivity contribution >= 4 is 23.6 Å². The first kappa shape index (κ1) is 23.6. The van der Waals surface area contributed by atoms with Crippen LogP contribution in [0.25, 0.3) is 0 Å². The molecular weight excluding hydrogens is 432 g/mol. The molecule has 10 heteroatoms. The van der Waals surface area contributed by atoms with E-state index >= 15 is 0 Å². The Bertz CT molecular complexity index is 1050. The van der Waals surface area contributed by atoms with Gasteiger partial charge in [0, 0.05) is 23.6 Å². The molecule has 1 aliphatic rings. The predicted octanol–water partition coefficient (Wildman–Crippen LogP) is 1.63. The van der Waals surface area contributed by atoms with Crippen molar-refractivity contribution in [1.82, 2.24) is 10.4 Å². The van der Waals surface area contributed by atoms with Gasteiger partial charge in [0.05, 0.1) is 33.8 Å². The molecule has 2 aromatic carbocycles. The third-order valence-electron chi connectivity index (χ3n) is 5.05. The molecule has 0 saturated carbocycles. The quantitative estimate of drug-likeness (QED) is 0.447. The van der Waals surface area contributed by atoms with Gasteiger partial charge in [-0.2, -0.15) is 0 Å². The van der Waals surface area contributed by atoms with Crippen molar-refractivity contribution < 1.29 is 38.1 Å². The van der Waals surface area contributed by atoms with Gasteiger partial charge in [-0.15, -0.1) is 0 Å². The molecule has 0 radical (unpaired) electrons. The van der Waals surface area contributed by atoms with Gasteiger partial charge < -0.3 is 18.9 Å². The van der Waals surface area contributed by atoms with Crippen LogP contribution in [0.4, 0.5) is 0 Å². The van der Waals surface area contributed by atoms with E-state index in [0.717, 1.165) is 5.01 Å². The fraction of sp³-hybridized carbons (Fsp3) is 0.304. The fourth-order valence-corrected chi connectivity index (χ4v) is 3.23. The van der Waals surface area contributed by atoms with E-state index in [-0.39, 0.29) is 18.5 Å². The van der Waals surface area contributed by atoms with Gasteiger partial charge >= 0.3 is 5.97 Å². The van der Waals surface area contributed by atoms with Crippen molar-refractivity contribution in [2.75, 3.05) is 34.5 Å². The third-order valence-corrected chi connectivity index (χ3v) is 5.05. The topological polar surface area (TPSA) is 120 Å². The number of amides is 2. The maximum atomic E-state index is 12.6. The minimum atomic E-state index is -0.809. The minimum Gasteiger partial charge on any atom is -0.497 e. The van der Waals surface area contributed by atoms with Gasteiger partial charge in [-0.3, -0.25) is 29.6 Å². The summed E-state index contributed by atoms with van der Waals surface area (Å²) < 4.78 is 20.5. The number of ketones is 1. The summed E-state index contributed by atoms with van der Waals surface area (Å²) >= 11 is 0. The highest BCUT2D eigenvalue weighted by molar-refractivity contribution is 5.99. The molecule has 0 unspecified atom stereocenters. The van der Waals surface area contributed by atoms with Gasteiger partial charge in [0.15, 0.2) is 12.4 Å². The predicted molar refractivity (Wildman–Crippen MR) is 115 cm³/mol. The molecule has 0 aliphatic carbocycles. The summed E-state index contributed by atoms with van der Waals surface area (Å²) in [5.74, 6) is -1.58. The molecule has 0 bridgehead atoms. The number of nitrogens with zero attached hydrogens (tertiary/aromatic N) is 1. The SMILES string of the molecule is COc1cccc(C(=O)COC(=O)[C@H]2CC(=O)N(NC(=O)c3cc(OC)cc(OC)c3)C2)c1. The summed E-state index contributed by atoms with van der Waals surface area (Å²) in [4.78, 5) is 49.6. The van der Waals surface area contributed by atoms with Gasteiger partial charge in [-0.1, -0.05) is 12.1 Å². The first-order chi connectivity index (χ1) is 15.8. The molecule has 1 saturated heterocycles. The average Bonchev–Trinajstić information content (AvgIpc) is 3.21. The van der Waals surface area contributed by atoms with Gasteiger partial charge in [0.25, 0.3) is 5.91 Å². The lowest BCUT2D eigenvalue weighted by molar-refractivity contribution is -0.147. The van der Waals surface area contributed by atoms with E-state index in [0.29, 0.717) is 22.8 Å². The summed E-state index contributed by atoms with van der Waals surface area (Å²) in [5, 5.41) is 1.06. The lowest BCUT2D eigenvalue weighted by atomic mass is 10.1. The summed E-state index contributed by atoms with van der Waals surface area (Å²) in [5.41, 5.74) is 3.04. The number of rotatable bonds is 9. The molecular formula is C23H24N2O8. The number of methoxy groups -OCH3 is 3. The molecule has 0 spiro atoms. The largest absolute Gasteiger partial charge is 0.497 e. The fourth-order valence-electron chi connectivity index (χ4n) is 3.23. The summed E-state index contributed by atoms with van der Waals surface area (Å²) in [6.07, 6.45) is -0.145. The first-order valence-corrected chi connectivity index (χ1v) is 10.0. The lowest BCUT2D eigenvalue weighted by Gasteiger charge is -2.18. The molecule has 33 heavy (non-hydrogen) atoms. The molecule has 1 aliphatic heterocycles. The van der Waals surface area contributed by atoms with Crippen LogP contribution in [0.1, 0.15) is 27.1 Å². The van der Waals surface area contributed by atoms with Crippen LogP contribution in [-0.2, 0) is 14.3 Å². The van der Waals surface area contributed by atoms with Gasteiger partial charge in [0.1, 0.15) is 17.2 Å². The first-order valence-electron chi connectivity index (χ1n) is 10.0. The zero-order valence-corrected chi connectivity index (χ0v) is 18.5. The number of hydrazine groups is 1. The molecule has 3 rings (SSSR count). The van der Waals surface area contributed by atoms with Crippen LogP contribution in [0, 0.1) is 5.92 Å². The number of hydrogen-bond donors (Lipinski definition) is 1. The highest BCUT2D eigenvalue weighted by Gasteiger charge is 2.37.